The molecule has 0 unspecified atom stereocenters. The molecule has 6 aromatic rings. The molecule has 1 fully saturated rings. The Bertz CT molecular complexity index is 1860. The van der Waals surface area contributed by atoms with Crippen LogP contribution >= 0.6 is 11.3 Å². The van der Waals surface area contributed by atoms with Crippen molar-refractivity contribution in [2.24, 2.45) is 5.92 Å². The summed E-state index contributed by atoms with van der Waals surface area (Å²) in [5.41, 5.74) is 3.35. The minimum atomic E-state index is -0.554. The number of aromatic amines is 2. The highest BCUT2D eigenvalue weighted by molar-refractivity contribution is 7.13. The molecule has 7 rings (SSSR count). The monoisotopic (exact) mass is 528 g/mol. The van der Waals surface area contributed by atoms with E-state index in [0.717, 1.165) is 30.6 Å². The number of pyridine rings is 3. The highest BCUT2D eigenvalue weighted by Crippen LogP contribution is 2.36. The first kappa shape index (κ1) is 22.6. The van der Waals surface area contributed by atoms with Crippen molar-refractivity contribution in [2.45, 2.75) is 19.3 Å². The molecule has 12 heteroatoms. The lowest BCUT2D eigenvalue weighted by atomic mass is 9.85. The first-order valence-electron chi connectivity index (χ1n) is 11.9. The van der Waals surface area contributed by atoms with E-state index in [4.69, 9.17) is 0 Å². The maximum Gasteiger partial charge on any atom is 0.227 e. The quantitative estimate of drug-likeness (QED) is 0.263. The third-order valence-electron chi connectivity index (χ3n) is 6.75. The van der Waals surface area contributed by atoms with E-state index in [0.29, 0.717) is 38.7 Å². The van der Waals surface area contributed by atoms with Gasteiger partial charge in [-0.15, -0.1) is 11.3 Å². The number of halogens is 2. The van der Waals surface area contributed by atoms with E-state index in [9.17, 15) is 9.18 Å². The van der Waals surface area contributed by atoms with Gasteiger partial charge in [0, 0.05) is 35.6 Å². The molecule has 1 saturated carbocycles. The molecule has 188 valence electrons. The van der Waals surface area contributed by atoms with Gasteiger partial charge in [0.15, 0.2) is 16.6 Å². The van der Waals surface area contributed by atoms with Crippen LogP contribution in [0.5, 0.6) is 0 Å². The molecule has 0 atom stereocenters. The van der Waals surface area contributed by atoms with Crippen molar-refractivity contribution in [2.75, 3.05) is 5.32 Å². The molecule has 0 aromatic carbocycles. The number of hydrogen-bond acceptors (Lipinski definition) is 7. The summed E-state index contributed by atoms with van der Waals surface area (Å²) in [6.07, 6.45) is 8.86. The van der Waals surface area contributed by atoms with Crippen LogP contribution in [0, 0.1) is 16.9 Å². The number of carbonyl (C=O) groups excluding carboxylic acids is 1. The van der Waals surface area contributed by atoms with Gasteiger partial charge in [0.2, 0.25) is 5.91 Å². The Kier molecular flexibility index (Phi) is 5.22. The molecule has 3 N–H and O–H groups in total. The molecule has 0 aliphatic heterocycles. The highest BCUT2D eigenvalue weighted by Gasteiger charge is 2.26. The topological polar surface area (TPSA) is 125 Å². The van der Waals surface area contributed by atoms with Crippen LogP contribution in [0.2, 0.25) is 0 Å². The number of rotatable bonds is 5. The number of nitrogens with one attached hydrogen (secondary N) is 3. The summed E-state index contributed by atoms with van der Waals surface area (Å²) in [4.78, 5) is 33.7. The van der Waals surface area contributed by atoms with Gasteiger partial charge < -0.3 is 10.3 Å². The van der Waals surface area contributed by atoms with Gasteiger partial charge in [-0.05, 0) is 37.1 Å². The Hall–Kier alpha value is -4.58. The van der Waals surface area contributed by atoms with Crippen LogP contribution in [0.3, 0.4) is 0 Å². The summed E-state index contributed by atoms with van der Waals surface area (Å²) in [6.45, 7) is 0. The van der Waals surface area contributed by atoms with E-state index in [1.165, 1.54) is 24.7 Å². The van der Waals surface area contributed by atoms with Crippen LogP contribution < -0.4 is 5.32 Å². The van der Waals surface area contributed by atoms with Crippen molar-refractivity contribution in [3.8, 4) is 33.2 Å². The maximum absolute atomic E-state index is 16.0. The van der Waals surface area contributed by atoms with Crippen LogP contribution in [0.25, 0.3) is 55.3 Å². The fourth-order valence-electron chi connectivity index (χ4n) is 4.57. The van der Waals surface area contributed by atoms with Crippen LogP contribution in [0.15, 0.2) is 49.1 Å². The molecule has 1 aliphatic rings. The molecule has 1 amide bonds. The number of imidazole rings is 1. The fraction of sp³-hybridized carbons (Fsp3) is 0.154. The maximum atomic E-state index is 16.0. The van der Waals surface area contributed by atoms with E-state index >= 15 is 4.39 Å². The Balaban J connectivity index is 1.30. The van der Waals surface area contributed by atoms with E-state index in [2.05, 4.69) is 40.4 Å². The van der Waals surface area contributed by atoms with Gasteiger partial charge in [-0.1, -0.05) is 6.42 Å². The van der Waals surface area contributed by atoms with Crippen LogP contribution in [-0.4, -0.2) is 41.0 Å². The zero-order valence-electron chi connectivity index (χ0n) is 19.6. The Morgan fingerprint density at radius 2 is 1.97 bits per heavy atom. The molecule has 0 bridgehead atoms. The van der Waals surface area contributed by atoms with Crippen LogP contribution in [0.4, 0.5) is 14.5 Å². The number of aromatic nitrogens is 7. The number of carbonyl (C=O) groups is 1. The minimum absolute atomic E-state index is 0.0141. The van der Waals surface area contributed by atoms with Gasteiger partial charge in [0.25, 0.3) is 0 Å². The van der Waals surface area contributed by atoms with Crippen molar-refractivity contribution in [3.63, 3.8) is 0 Å². The van der Waals surface area contributed by atoms with Crippen molar-refractivity contribution in [1.82, 2.24) is 35.1 Å². The summed E-state index contributed by atoms with van der Waals surface area (Å²) in [5, 5.41) is 9.75. The number of H-pyrrole nitrogens is 2. The lowest BCUT2D eigenvalue weighted by Crippen LogP contribution is -2.28. The summed E-state index contributed by atoms with van der Waals surface area (Å²) in [5.74, 6) is -0.275. The number of hydrogen-bond donors (Lipinski definition) is 3. The summed E-state index contributed by atoms with van der Waals surface area (Å²) < 4.78 is 29.7. The lowest BCUT2D eigenvalue weighted by Gasteiger charge is -2.24. The SMILES string of the molecule is O=C(Nc1cncc(-c2cnc3[nH]nc(-c4nc5c(-c6ccc(F)s6)nccc5[nH]4)c3c2F)c1)C1CCC1. The second-order valence-corrected chi connectivity index (χ2v) is 10.1. The third kappa shape index (κ3) is 3.72. The van der Waals surface area contributed by atoms with E-state index < -0.39 is 5.82 Å². The van der Waals surface area contributed by atoms with Gasteiger partial charge in [-0.3, -0.25) is 19.9 Å². The van der Waals surface area contributed by atoms with Gasteiger partial charge in [-0.25, -0.2) is 14.4 Å². The average Bonchev–Trinajstić information content (AvgIpc) is 3.61. The van der Waals surface area contributed by atoms with Crippen molar-refractivity contribution in [3.05, 3.63) is 60.0 Å². The molecule has 9 nitrogen and oxygen atoms in total. The van der Waals surface area contributed by atoms with Crippen LogP contribution in [-0.2, 0) is 4.79 Å². The molecule has 6 aromatic heterocycles. The van der Waals surface area contributed by atoms with E-state index in [1.54, 1.807) is 24.4 Å². The first-order valence-corrected chi connectivity index (χ1v) is 12.8. The predicted octanol–water partition coefficient (Wildman–Crippen LogP) is 5.70. The number of amides is 1. The smallest absolute Gasteiger partial charge is 0.227 e. The zero-order chi connectivity index (χ0) is 25.8. The Morgan fingerprint density at radius 1 is 1.08 bits per heavy atom. The molecular weight excluding hydrogens is 510 g/mol. The number of nitrogens with zero attached hydrogens (tertiary/aromatic N) is 5. The van der Waals surface area contributed by atoms with Gasteiger partial charge in [-0.2, -0.15) is 9.49 Å². The van der Waals surface area contributed by atoms with Crippen molar-refractivity contribution >= 4 is 45.0 Å². The van der Waals surface area contributed by atoms with Crippen LogP contribution in [0.1, 0.15) is 19.3 Å². The fourth-order valence-corrected chi connectivity index (χ4v) is 5.30. The first-order chi connectivity index (χ1) is 18.5. The number of anilines is 1. The molecule has 6 heterocycles. The molecule has 38 heavy (non-hydrogen) atoms. The second kappa shape index (κ2) is 8.77. The predicted molar refractivity (Wildman–Crippen MR) is 139 cm³/mol. The van der Waals surface area contributed by atoms with Crippen molar-refractivity contribution in [1.29, 1.82) is 0 Å². The van der Waals surface area contributed by atoms with E-state index in [1.807, 2.05) is 0 Å². The summed E-state index contributed by atoms with van der Waals surface area (Å²) >= 11 is 0.971. The standard InChI is InChI=1S/C26H18F2N8OS/c27-18-5-4-17(38-18)22-21-16(6-7-30-22)33-25(34-21)23-19-20(28)15(11-31-24(19)36-35-23)13-8-14(10-29-9-13)32-26(37)12-2-1-3-12/h4-12H,1-3H2,(H,32,37)(H,33,34)(H,31,35,36). The summed E-state index contributed by atoms with van der Waals surface area (Å²) in [7, 11) is 0. The normalized spacial score (nSPS) is 13.7. The molecule has 0 spiro atoms. The Morgan fingerprint density at radius 3 is 2.76 bits per heavy atom. The molecular formula is C26H18F2N8OS. The third-order valence-corrected chi connectivity index (χ3v) is 7.63. The average molecular weight is 529 g/mol. The molecule has 0 saturated heterocycles. The van der Waals surface area contributed by atoms with Gasteiger partial charge >= 0.3 is 0 Å². The second-order valence-electron chi connectivity index (χ2n) is 9.11. The Labute approximate surface area is 217 Å². The van der Waals surface area contributed by atoms with Crippen molar-refractivity contribution < 1.29 is 13.6 Å². The van der Waals surface area contributed by atoms with E-state index in [-0.39, 0.29) is 39.2 Å². The lowest BCUT2D eigenvalue weighted by molar-refractivity contribution is -0.122. The van der Waals surface area contributed by atoms with Gasteiger partial charge in [0.1, 0.15) is 22.7 Å². The largest absolute Gasteiger partial charge is 0.336 e. The zero-order valence-corrected chi connectivity index (χ0v) is 20.4. The van der Waals surface area contributed by atoms with Gasteiger partial charge in [0.05, 0.1) is 27.7 Å². The number of fused-ring (bicyclic) bond motifs is 2. The minimum Gasteiger partial charge on any atom is -0.336 e. The molecule has 1 aliphatic carbocycles. The number of thiophene rings is 1. The molecule has 0 radical (unpaired) electrons. The highest BCUT2D eigenvalue weighted by atomic mass is 32.1. The summed E-state index contributed by atoms with van der Waals surface area (Å²) in [6, 6.07) is 6.44.